The van der Waals surface area contributed by atoms with E-state index >= 15 is 0 Å². The number of allylic oxidation sites excluding steroid dienone is 4. The van der Waals surface area contributed by atoms with Crippen LogP contribution in [0.2, 0.25) is 0 Å². The summed E-state index contributed by atoms with van der Waals surface area (Å²) in [6.07, 6.45) is 44.6. The van der Waals surface area contributed by atoms with Gasteiger partial charge in [0.25, 0.3) is 0 Å². The number of hydrogen-bond acceptors (Lipinski definition) is 6. The smallest absolute Gasteiger partial charge is 0.462 e. The highest BCUT2D eigenvalue weighted by Crippen LogP contribution is 2.36. The van der Waals surface area contributed by atoms with Crippen molar-refractivity contribution in [2.24, 2.45) is 0 Å². The molecule has 0 bridgehead atoms. The Balaban J connectivity index is 3.88. The number of ether oxygens (including phenoxy) is 2. The second kappa shape index (κ2) is 39.2. The van der Waals surface area contributed by atoms with Crippen LogP contribution < -0.4 is 0 Å². The summed E-state index contributed by atoms with van der Waals surface area (Å²) in [5.41, 5.74) is 0. The lowest BCUT2D eigenvalue weighted by molar-refractivity contribution is -0.161. The van der Waals surface area contributed by atoms with Gasteiger partial charge in [0.15, 0.2) is 6.10 Å². The van der Waals surface area contributed by atoms with Gasteiger partial charge in [-0.2, -0.15) is 0 Å². The average Bonchev–Trinajstić information content (AvgIpc) is 3.11. The van der Waals surface area contributed by atoms with Gasteiger partial charge in [-0.15, -0.1) is 0 Å². The zero-order valence-corrected chi connectivity index (χ0v) is 34.6. The molecule has 0 aromatic heterocycles. The number of unbranched alkanes of at least 4 members (excludes halogenated alkanes) is 26. The Morgan fingerprint density at radius 2 is 0.865 bits per heavy atom. The van der Waals surface area contributed by atoms with Gasteiger partial charge < -0.3 is 19.3 Å². The van der Waals surface area contributed by atoms with Gasteiger partial charge in [0.05, 0.1) is 6.61 Å². The average molecular weight is 757 g/mol. The van der Waals surface area contributed by atoms with Crippen molar-refractivity contribution in [1.29, 1.82) is 0 Å². The van der Waals surface area contributed by atoms with Gasteiger partial charge in [-0.05, 0) is 44.9 Å². The Labute approximate surface area is 319 Å². The molecular weight excluding hydrogens is 675 g/mol. The molecule has 0 radical (unpaired) electrons. The van der Waals surface area contributed by atoms with Crippen LogP contribution >= 0.6 is 7.82 Å². The summed E-state index contributed by atoms with van der Waals surface area (Å²) in [6, 6.07) is 0. The Morgan fingerprint density at radius 3 is 1.31 bits per heavy atom. The molecule has 9 heteroatoms. The molecule has 8 nitrogen and oxygen atoms in total. The van der Waals surface area contributed by atoms with E-state index in [-0.39, 0.29) is 19.4 Å². The van der Waals surface area contributed by atoms with Crippen LogP contribution in [0.15, 0.2) is 24.3 Å². The SMILES string of the molecule is CCCCC/C=C/C/C=C/CCCCCCCCCCCC(=O)O[C@H](COC(=O)CCCCCCCCCCCCCCCCC)COP(=O)(O)O. The maximum Gasteiger partial charge on any atom is 0.469 e. The van der Waals surface area contributed by atoms with Gasteiger partial charge in [-0.25, -0.2) is 4.57 Å². The molecule has 0 aromatic rings. The first kappa shape index (κ1) is 50.5. The van der Waals surface area contributed by atoms with Gasteiger partial charge in [0.1, 0.15) is 6.61 Å². The summed E-state index contributed by atoms with van der Waals surface area (Å²) in [7, 11) is -4.75. The molecule has 0 fully saturated rings. The Morgan fingerprint density at radius 1 is 0.500 bits per heavy atom. The number of rotatable bonds is 40. The van der Waals surface area contributed by atoms with Crippen molar-refractivity contribution in [3.05, 3.63) is 24.3 Å². The van der Waals surface area contributed by atoms with Gasteiger partial charge in [0, 0.05) is 12.8 Å². The van der Waals surface area contributed by atoms with Crippen molar-refractivity contribution in [2.45, 2.75) is 225 Å². The summed E-state index contributed by atoms with van der Waals surface area (Å²) in [5.74, 6) is -0.880. The van der Waals surface area contributed by atoms with Crippen LogP contribution in [0, 0.1) is 0 Å². The lowest BCUT2D eigenvalue weighted by atomic mass is 10.0. The lowest BCUT2D eigenvalue weighted by Crippen LogP contribution is -2.29. The lowest BCUT2D eigenvalue weighted by Gasteiger charge is -2.18. The van der Waals surface area contributed by atoms with E-state index in [2.05, 4.69) is 42.7 Å². The predicted molar refractivity (Wildman–Crippen MR) is 216 cm³/mol. The molecule has 0 aliphatic carbocycles. The van der Waals surface area contributed by atoms with Gasteiger partial charge >= 0.3 is 19.8 Å². The number of phosphoric acid groups is 1. The minimum atomic E-state index is -4.75. The van der Waals surface area contributed by atoms with Crippen LogP contribution in [-0.4, -0.2) is 41.0 Å². The molecule has 0 aromatic carbocycles. The first-order valence-corrected chi connectivity index (χ1v) is 23.2. The van der Waals surface area contributed by atoms with E-state index < -0.39 is 32.5 Å². The first-order valence-electron chi connectivity index (χ1n) is 21.6. The van der Waals surface area contributed by atoms with E-state index in [0.29, 0.717) is 6.42 Å². The third-order valence-electron chi connectivity index (χ3n) is 9.47. The molecule has 306 valence electrons. The van der Waals surface area contributed by atoms with Crippen molar-refractivity contribution >= 4 is 19.8 Å². The highest BCUT2D eigenvalue weighted by atomic mass is 31.2. The van der Waals surface area contributed by atoms with Crippen LogP contribution in [0.4, 0.5) is 0 Å². The summed E-state index contributed by atoms with van der Waals surface area (Å²) >= 11 is 0. The van der Waals surface area contributed by atoms with Gasteiger partial charge in [0.2, 0.25) is 0 Å². The molecule has 0 aliphatic rings. The molecule has 0 heterocycles. The van der Waals surface area contributed by atoms with E-state index in [0.717, 1.165) is 51.4 Å². The van der Waals surface area contributed by atoms with Crippen molar-refractivity contribution in [3.8, 4) is 0 Å². The third-order valence-corrected chi connectivity index (χ3v) is 9.96. The number of carbonyl (C=O) groups excluding carboxylic acids is 2. The molecule has 52 heavy (non-hydrogen) atoms. The van der Waals surface area contributed by atoms with Crippen molar-refractivity contribution < 1.29 is 37.9 Å². The van der Waals surface area contributed by atoms with Gasteiger partial charge in [-0.1, -0.05) is 186 Å². The molecular formula is C43H81O8P. The number of phosphoric ester groups is 1. The standard InChI is InChI=1S/C43H81O8P/c1-3-5-7-9-11-13-15-17-19-20-21-22-24-26-28-30-32-34-36-38-43(45)51-41(40-50-52(46,47)48)39-49-42(44)37-35-33-31-29-27-25-23-18-16-14-12-10-8-6-4-2/h11,13,17,19,41H,3-10,12,14-16,18,20-40H2,1-2H3,(H2,46,47,48)/b13-11+,19-17+/t41-/m1/s1. The Bertz CT molecular complexity index is 900. The molecule has 0 amide bonds. The fourth-order valence-corrected chi connectivity index (χ4v) is 6.59. The van der Waals surface area contributed by atoms with E-state index in [9.17, 15) is 14.2 Å². The molecule has 2 N–H and O–H groups in total. The van der Waals surface area contributed by atoms with Crippen molar-refractivity contribution in [1.82, 2.24) is 0 Å². The molecule has 0 spiro atoms. The highest BCUT2D eigenvalue weighted by Gasteiger charge is 2.22. The van der Waals surface area contributed by atoms with Crippen LogP contribution in [0.3, 0.4) is 0 Å². The van der Waals surface area contributed by atoms with Crippen LogP contribution in [0.5, 0.6) is 0 Å². The maximum absolute atomic E-state index is 12.4. The summed E-state index contributed by atoms with van der Waals surface area (Å²) in [5, 5.41) is 0. The third kappa shape index (κ3) is 41.3. The maximum atomic E-state index is 12.4. The second-order valence-electron chi connectivity index (χ2n) is 14.7. The molecule has 0 aliphatic heterocycles. The number of esters is 2. The number of hydrogen-bond donors (Lipinski definition) is 2. The van der Waals surface area contributed by atoms with Crippen LogP contribution in [-0.2, 0) is 28.2 Å². The molecule has 0 rings (SSSR count). The molecule has 0 saturated heterocycles. The molecule has 1 atom stereocenters. The fraction of sp³-hybridized carbons (Fsp3) is 0.860. The normalized spacial score (nSPS) is 12.6. The fourth-order valence-electron chi connectivity index (χ4n) is 6.23. The zero-order valence-electron chi connectivity index (χ0n) is 33.7. The van der Waals surface area contributed by atoms with Crippen LogP contribution in [0.1, 0.15) is 219 Å². The van der Waals surface area contributed by atoms with E-state index in [1.54, 1.807) is 0 Å². The summed E-state index contributed by atoms with van der Waals surface area (Å²) < 4.78 is 26.4. The Kier molecular flexibility index (Phi) is 38.1. The van der Waals surface area contributed by atoms with Crippen LogP contribution in [0.25, 0.3) is 0 Å². The number of carbonyl (C=O) groups is 2. The van der Waals surface area contributed by atoms with Crippen molar-refractivity contribution in [2.75, 3.05) is 13.2 Å². The minimum absolute atomic E-state index is 0.210. The second-order valence-corrected chi connectivity index (χ2v) is 15.9. The monoisotopic (exact) mass is 757 g/mol. The minimum Gasteiger partial charge on any atom is -0.462 e. The zero-order chi connectivity index (χ0) is 38.2. The highest BCUT2D eigenvalue weighted by molar-refractivity contribution is 7.46. The largest absolute Gasteiger partial charge is 0.469 e. The molecule has 0 saturated carbocycles. The van der Waals surface area contributed by atoms with Crippen molar-refractivity contribution in [3.63, 3.8) is 0 Å². The topological polar surface area (TPSA) is 119 Å². The molecule has 0 unspecified atom stereocenters. The predicted octanol–water partition coefficient (Wildman–Crippen LogP) is 13.2. The summed E-state index contributed by atoms with van der Waals surface area (Å²) in [6.45, 7) is 3.68. The van der Waals surface area contributed by atoms with Gasteiger partial charge in [-0.3, -0.25) is 14.1 Å². The van der Waals surface area contributed by atoms with E-state index in [4.69, 9.17) is 19.3 Å². The van der Waals surface area contributed by atoms with E-state index in [1.807, 2.05) is 0 Å². The quantitative estimate of drug-likeness (QED) is 0.0274. The summed E-state index contributed by atoms with van der Waals surface area (Å²) in [4.78, 5) is 42.9. The Hall–Kier alpha value is -1.47. The first-order chi connectivity index (χ1) is 25.3. The van der Waals surface area contributed by atoms with E-state index in [1.165, 1.54) is 135 Å².